The molecule has 9 heteroatoms. The van der Waals surface area contributed by atoms with Gasteiger partial charge in [-0.2, -0.15) is 9.78 Å². The predicted octanol–water partition coefficient (Wildman–Crippen LogP) is 3.74. The zero-order chi connectivity index (χ0) is 21.3. The third-order valence-electron chi connectivity index (χ3n) is 4.72. The van der Waals surface area contributed by atoms with Gasteiger partial charge < -0.3 is 5.32 Å². The molecule has 0 aliphatic rings. The normalized spacial score (nSPS) is 11.0. The Morgan fingerprint density at radius 2 is 1.90 bits per heavy atom. The lowest BCUT2D eigenvalue weighted by atomic mass is 10.1. The zero-order valence-electron chi connectivity index (χ0n) is 16.6. The SMILES string of the molecule is CCc1c(C)nn(-c2nc(C)c(CC)c(=O)[nH]2)c1NC(=O)c1ccc(Cl)c(F)c1. The lowest BCUT2D eigenvalue weighted by Crippen LogP contribution is -2.22. The summed E-state index contributed by atoms with van der Waals surface area (Å²) in [6.45, 7) is 7.36. The highest BCUT2D eigenvalue weighted by Gasteiger charge is 2.21. The summed E-state index contributed by atoms with van der Waals surface area (Å²) in [5.41, 5.74) is 2.51. The van der Waals surface area contributed by atoms with Crippen LogP contribution in [0, 0.1) is 19.7 Å². The van der Waals surface area contributed by atoms with Crippen LogP contribution in [0.25, 0.3) is 5.95 Å². The first-order valence-electron chi connectivity index (χ1n) is 9.21. The number of H-pyrrole nitrogens is 1. The first-order chi connectivity index (χ1) is 13.8. The molecule has 29 heavy (non-hydrogen) atoms. The largest absolute Gasteiger partial charge is 0.306 e. The number of anilines is 1. The van der Waals surface area contributed by atoms with Crippen LogP contribution in [0.2, 0.25) is 5.02 Å². The second kappa shape index (κ2) is 8.16. The van der Waals surface area contributed by atoms with Crippen LogP contribution >= 0.6 is 11.6 Å². The smallest absolute Gasteiger partial charge is 0.256 e. The van der Waals surface area contributed by atoms with E-state index in [1.807, 2.05) is 13.8 Å². The standard InChI is InChI=1S/C20H21ClFN5O2/c1-5-13-11(4)26-27(20-23-10(3)14(6-2)19(29)25-20)17(13)24-18(28)12-7-8-15(21)16(22)9-12/h7-9H,5-6H2,1-4H3,(H,24,28)(H,23,25,29). The molecule has 1 amide bonds. The maximum Gasteiger partial charge on any atom is 0.256 e. The van der Waals surface area contributed by atoms with E-state index in [2.05, 4.69) is 20.4 Å². The molecule has 152 valence electrons. The molecule has 2 aromatic heterocycles. The van der Waals surface area contributed by atoms with Gasteiger partial charge in [-0.25, -0.2) is 9.37 Å². The van der Waals surface area contributed by atoms with Gasteiger partial charge in [-0.3, -0.25) is 14.6 Å². The molecule has 0 radical (unpaired) electrons. The van der Waals surface area contributed by atoms with Crippen molar-refractivity contribution in [3.8, 4) is 5.95 Å². The Hall–Kier alpha value is -3.00. The molecule has 0 spiro atoms. The van der Waals surface area contributed by atoms with Crippen molar-refractivity contribution in [3.63, 3.8) is 0 Å². The number of carbonyl (C=O) groups is 1. The van der Waals surface area contributed by atoms with Crippen molar-refractivity contribution >= 4 is 23.3 Å². The van der Waals surface area contributed by atoms with Crippen LogP contribution in [0.3, 0.4) is 0 Å². The number of aryl methyl sites for hydroxylation is 2. The summed E-state index contributed by atoms with van der Waals surface area (Å²) in [6, 6.07) is 3.82. The highest BCUT2D eigenvalue weighted by atomic mass is 35.5. The molecule has 1 aromatic carbocycles. The monoisotopic (exact) mass is 417 g/mol. The third-order valence-corrected chi connectivity index (χ3v) is 5.02. The molecular weight excluding hydrogens is 397 g/mol. The van der Waals surface area contributed by atoms with E-state index in [1.54, 1.807) is 13.8 Å². The van der Waals surface area contributed by atoms with E-state index in [-0.39, 0.29) is 22.1 Å². The minimum atomic E-state index is -0.684. The van der Waals surface area contributed by atoms with Crippen molar-refractivity contribution < 1.29 is 9.18 Å². The van der Waals surface area contributed by atoms with Gasteiger partial charge in [-0.05, 0) is 44.9 Å². The van der Waals surface area contributed by atoms with E-state index >= 15 is 0 Å². The maximum absolute atomic E-state index is 13.8. The van der Waals surface area contributed by atoms with Gasteiger partial charge in [-0.1, -0.05) is 25.4 Å². The topological polar surface area (TPSA) is 92.7 Å². The minimum absolute atomic E-state index is 0.0649. The molecule has 0 aliphatic heterocycles. The first kappa shape index (κ1) is 20.7. The predicted molar refractivity (Wildman–Crippen MR) is 110 cm³/mol. The zero-order valence-corrected chi connectivity index (χ0v) is 17.3. The molecule has 3 aromatic rings. The molecule has 0 aliphatic carbocycles. The maximum atomic E-state index is 13.8. The van der Waals surface area contributed by atoms with E-state index in [4.69, 9.17) is 11.6 Å². The fourth-order valence-electron chi connectivity index (χ4n) is 3.19. The highest BCUT2D eigenvalue weighted by molar-refractivity contribution is 6.30. The van der Waals surface area contributed by atoms with Crippen LogP contribution in [0.15, 0.2) is 23.0 Å². The molecule has 0 fully saturated rings. The lowest BCUT2D eigenvalue weighted by molar-refractivity contribution is 0.102. The molecule has 7 nitrogen and oxygen atoms in total. The summed E-state index contributed by atoms with van der Waals surface area (Å²) in [5.74, 6) is -0.639. The number of halogens is 2. The number of aromatic nitrogens is 4. The summed E-state index contributed by atoms with van der Waals surface area (Å²) < 4.78 is 15.1. The quantitative estimate of drug-likeness (QED) is 0.661. The molecule has 0 saturated heterocycles. The molecule has 0 atom stereocenters. The lowest BCUT2D eigenvalue weighted by Gasteiger charge is -2.11. The Balaban J connectivity index is 2.08. The number of nitrogens with zero attached hydrogens (tertiary/aromatic N) is 3. The molecule has 0 saturated carbocycles. The number of carbonyl (C=O) groups excluding carboxylic acids is 1. The Morgan fingerprint density at radius 3 is 2.48 bits per heavy atom. The summed E-state index contributed by atoms with van der Waals surface area (Å²) in [4.78, 5) is 32.3. The molecule has 3 rings (SSSR count). The van der Waals surface area contributed by atoms with Crippen LogP contribution in [-0.2, 0) is 12.8 Å². The average Bonchev–Trinajstić information content (AvgIpc) is 2.98. The van der Waals surface area contributed by atoms with Crippen LogP contribution in [0.1, 0.15) is 46.7 Å². The summed E-state index contributed by atoms with van der Waals surface area (Å²) in [5, 5.41) is 7.15. The van der Waals surface area contributed by atoms with E-state index in [9.17, 15) is 14.0 Å². The summed E-state index contributed by atoms with van der Waals surface area (Å²) in [6.07, 6.45) is 1.14. The average molecular weight is 418 g/mol. The Kier molecular flexibility index (Phi) is 5.83. The van der Waals surface area contributed by atoms with Crippen molar-refractivity contribution in [3.05, 3.63) is 67.5 Å². The number of hydrogen-bond acceptors (Lipinski definition) is 4. The van der Waals surface area contributed by atoms with Crippen LogP contribution < -0.4 is 10.9 Å². The van der Waals surface area contributed by atoms with Gasteiger partial charge in [0.25, 0.3) is 11.5 Å². The second-order valence-electron chi connectivity index (χ2n) is 6.57. The Morgan fingerprint density at radius 1 is 1.21 bits per heavy atom. The molecular formula is C20H21ClFN5O2. The number of rotatable bonds is 5. The van der Waals surface area contributed by atoms with Crippen LogP contribution in [-0.4, -0.2) is 25.7 Å². The number of amides is 1. The third kappa shape index (κ3) is 3.93. The number of nitrogens with one attached hydrogen (secondary N) is 2. The second-order valence-corrected chi connectivity index (χ2v) is 6.98. The number of benzene rings is 1. The van der Waals surface area contributed by atoms with Gasteiger partial charge in [0.2, 0.25) is 5.95 Å². The van der Waals surface area contributed by atoms with Crippen molar-refractivity contribution in [1.82, 2.24) is 19.7 Å². The van der Waals surface area contributed by atoms with Crippen molar-refractivity contribution in [1.29, 1.82) is 0 Å². The first-order valence-corrected chi connectivity index (χ1v) is 9.59. The highest BCUT2D eigenvalue weighted by Crippen LogP contribution is 2.24. The van der Waals surface area contributed by atoms with Crippen LogP contribution in [0.5, 0.6) is 0 Å². The van der Waals surface area contributed by atoms with Gasteiger partial charge in [0, 0.05) is 22.4 Å². The van der Waals surface area contributed by atoms with Gasteiger partial charge >= 0.3 is 0 Å². The van der Waals surface area contributed by atoms with E-state index in [1.165, 1.54) is 16.8 Å². The number of hydrogen-bond donors (Lipinski definition) is 2. The van der Waals surface area contributed by atoms with Gasteiger partial charge in [0.1, 0.15) is 11.6 Å². The molecule has 2 heterocycles. The summed E-state index contributed by atoms with van der Waals surface area (Å²) >= 11 is 5.69. The Labute approximate surface area is 171 Å². The van der Waals surface area contributed by atoms with Crippen molar-refractivity contribution in [2.45, 2.75) is 40.5 Å². The molecule has 0 bridgehead atoms. The summed E-state index contributed by atoms with van der Waals surface area (Å²) in [7, 11) is 0. The fraction of sp³-hybridized carbons (Fsp3) is 0.300. The Bertz CT molecular complexity index is 1150. The van der Waals surface area contributed by atoms with E-state index in [0.29, 0.717) is 35.6 Å². The van der Waals surface area contributed by atoms with Gasteiger partial charge in [0.05, 0.1) is 10.7 Å². The van der Waals surface area contributed by atoms with Crippen molar-refractivity contribution in [2.75, 3.05) is 5.32 Å². The van der Waals surface area contributed by atoms with E-state index in [0.717, 1.165) is 11.6 Å². The van der Waals surface area contributed by atoms with E-state index < -0.39 is 11.7 Å². The fourth-order valence-corrected chi connectivity index (χ4v) is 3.31. The molecule has 0 unspecified atom stereocenters. The molecule has 2 N–H and O–H groups in total. The van der Waals surface area contributed by atoms with Gasteiger partial charge in [-0.15, -0.1) is 0 Å². The number of aromatic amines is 1. The minimum Gasteiger partial charge on any atom is -0.306 e. The van der Waals surface area contributed by atoms with Crippen molar-refractivity contribution in [2.24, 2.45) is 0 Å². The van der Waals surface area contributed by atoms with Gasteiger partial charge in [0.15, 0.2) is 0 Å². The van der Waals surface area contributed by atoms with Crippen LogP contribution in [0.4, 0.5) is 10.2 Å².